The van der Waals surface area contributed by atoms with Crippen molar-refractivity contribution in [3.05, 3.63) is 81.6 Å². The van der Waals surface area contributed by atoms with Crippen molar-refractivity contribution < 1.29 is 9.59 Å². The number of ketones is 2. The number of benzene rings is 2. The Morgan fingerprint density at radius 1 is 0.897 bits per heavy atom. The summed E-state index contributed by atoms with van der Waals surface area (Å²) in [4.78, 5) is 28.3. The fourth-order valence-corrected chi connectivity index (χ4v) is 5.47. The average molecular weight is 424 g/mol. The number of rotatable bonds is 6. The smallest absolute Gasteiger partial charge is 0.198 e. The van der Waals surface area contributed by atoms with E-state index in [1.165, 1.54) is 6.08 Å². The summed E-state index contributed by atoms with van der Waals surface area (Å²) >= 11 is 3.26. The van der Waals surface area contributed by atoms with E-state index in [1.807, 2.05) is 61.5 Å². The van der Waals surface area contributed by atoms with E-state index < -0.39 is 0 Å². The van der Waals surface area contributed by atoms with Gasteiger partial charge in [-0.3, -0.25) is 9.59 Å². The quantitative estimate of drug-likeness (QED) is 0.258. The third-order valence-electron chi connectivity index (χ3n) is 4.56. The van der Waals surface area contributed by atoms with Crippen LogP contribution in [0.3, 0.4) is 0 Å². The van der Waals surface area contributed by atoms with Crippen molar-refractivity contribution in [3.63, 3.8) is 0 Å². The summed E-state index contributed by atoms with van der Waals surface area (Å²) in [6.07, 6.45) is 5.53. The average Bonchev–Trinajstić information content (AvgIpc) is 3.02. The molecule has 0 atom stereocenters. The number of Topliss-reactive ketones (excluding diaryl/α,β-unsaturated/α-hetero) is 1. The lowest BCUT2D eigenvalue weighted by atomic mass is 10.0. The van der Waals surface area contributed by atoms with Crippen LogP contribution < -0.4 is 4.90 Å². The van der Waals surface area contributed by atoms with Crippen molar-refractivity contribution in [2.24, 2.45) is 0 Å². The molecule has 1 saturated heterocycles. The van der Waals surface area contributed by atoms with Crippen LogP contribution in [0.2, 0.25) is 0 Å². The first-order chi connectivity index (χ1) is 14.1. The highest BCUT2D eigenvalue weighted by molar-refractivity contribution is 8.22. The lowest BCUT2D eigenvalue weighted by Gasteiger charge is -2.12. The number of anilines is 1. The van der Waals surface area contributed by atoms with E-state index >= 15 is 0 Å². The number of carbonyl (C=O) groups excluding carboxylic acids is 2. The van der Waals surface area contributed by atoms with Crippen LogP contribution in [0.25, 0.3) is 6.08 Å². The van der Waals surface area contributed by atoms with Crippen LogP contribution in [0.15, 0.2) is 70.5 Å². The van der Waals surface area contributed by atoms with Gasteiger partial charge in [0.15, 0.2) is 11.6 Å². The standard InChI is InChI=1S/C24H25NO2S2/c1-25(2)20-13-10-18(11-14-20)12-15-21(26)22(24-28-16-6-7-17-29-24)23(27)19-8-4-3-5-9-19/h3-5,8-15H,6-7,16-17H2,1-2H3/b15-12+. The Bertz CT molecular complexity index is 906. The molecule has 2 aromatic carbocycles. The van der Waals surface area contributed by atoms with E-state index in [0.717, 1.165) is 39.8 Å². The molecule has 0 aromatic heterocycles. The van der Waals surface area contributed by atoms with Gasteiger partial charge in [-0.1, -0.05) is 48.5 Å². The highest BCUT2D eigenvalue weighted by Crippen LogP contribution is 2.37. The zero-order chi connectivity index (χ0) is 20.6. The Kier molecular flexibility index (Phi) is 7.78. The molecule has 1 aliphatic heterocycles. The summed E-state index contributed by atoms with van der Waals surface area (Å²) in [5.41, 5.74) is 2.88. The Morgan fingerprint density at radius 3 is 2.10 bits per heavy atom. The van der Waals surface area contributed by atoms with Crippen molar-refractivity contribution in [2.45, 2.75) is 12.8 Å². The topological polar surface area (TPSA) is 37.4 Å². The lowest BCUT2D eigenvalue weighted by molar-refractivity contribution is -0.111. The molecule has 0 bridgehead atoms. The van der Waals surface area contributed by atoms with Gasteiger partial charge in [-0.15, -0.1) is 23.5 Å². The largest absolute Gasteiger partial charge is 0.378 e. The Hall–Kier alpha value is -2.24. The van der Waals surface area contributed by atoms with Gasteiger partial charge in [0.1, 0.15) is 0 Å². The first kappa shape index (κ1) is 21.5. The number of hydrogen-bond donors (Lipinski definition) is 0. The first-order valence-electron chi connectivity index (χ1n) is 9.65. The van der Waals surface area contributed by atoms with E-state index in [9.17, 15) is 9.59 Å². The van der Waals surface area contributed by atoms with E-state index in [4.69, 9.17) is 0 Å². The van der Waals surface area contributed by atoms with Crippen LogP contribution in [-0.2, 0) is 4.79 Å². The minimum atomic E-state index is -0.229. The molecule has 2 aromatic rings. The monoisotopic (exact) mass is 423 g/mol. The van der Waals surface area contributed by atoms with Crippen molar-refractivity contribution in [1.82, 2.24) is 0 Å². The van der Waals surface area contributed by atoms with Gasteiger partial charge >= 0.3 is 0 Å². The second-order valence-corrected chi connectivity index (χ2v) is 9.41. The number of hydrogen-bond acceptors (Lipinski definition) is 5. The Labute approximate surface area is 181 Å². The second kappa shape index (κ2) is 10.5. The Balaban J connectivity index is 1.89. The predicted octanol–water partition coefficient (Wildman–Crippen LogP) is 5.69. The predicted molar refractivity (Wildman–Crippen MR) is 127 cm³/mol. The van der Waals surface area contributed by atoms with Gasteiger partial charge in [-0.05, 0) is 48.1 Å². The molecule has 0 N–H and O–H groups in total. The molecular formula is C24H25NO2S2. The van der Waals surface area contributed by atoms with Gasteiger partial charge < -0.3 is 4.90 Å². The minimum Gasteiger partial charge on any atom is -0.378 e. The third-order valence-corrected chi connectivity index (χ3v) is 7.18. The van der Waals surface area contributed by atoms with Crippen molar-refractivity contribution in [3.8, 4) is 0 Å². The minimum absolute atomic E-state index is 0.194. The van der Waals surface area contributed by atoms with Gasteiger partial charge in [-0.2, -0.15) is 0 Å². The lowest BCUT2D eigenvalue weighted by Crippen LogP contribution is -2.13. The molecule has 0 amide bonds. The molecule has 0 saturated carbocycles. The molecule has 0 aliphatic carbocycles. The highest BCUT2D eigenvalue weighted by Gasteiger charge is 2.24. The van der Waals surface area contributed by atoms with E-state index in [1.54, 1.807) is 41.7 Å². The fraction of sp³-hybridized carbons (Fsp3) is 0.250. The maximum atomic E-state index is 13.2. The van der Waals surface area contributed by atoms with Crippen LogP contribution in [0, 0.1) is 0 Å². The van der Waals surface area contributed by atoms with Crippen molar-refractivity contribution in [1.29, 1.82) is 0 Å². The third kappa shape index (κ3) is 5.87. The van der Waals surface area contributed by atoms with Crippen molar-refractivity contribution >= 4 is 46.9 Å². The Morgan fingerprint density at radius 2 is 1.52 bits per heavy atom. The second-order valence-electron chi connectivity index (χ2n) is 6.95. The number of thioether (sulfide) groups is 2. The molecule has 3 nitrogen and oxygen atoms in total. The van der Waals surface area contributed by atoms with Gasteiger partial charge in [-0.25, -0.2) is 0 Å². The SMILES string of the molecule is CN(C)c1ccc(/C=C/C(=O)C(C(=O)c2ccccc2)=C2SCCCCS2)cc1. The summed E-state index contributed by atoms with van der Waals surface area (Å²) in [5.74, 6) is 1.46. The van der Waals surface area contributed by atoms with Crippen LogP contribution >= 0.6 is 23.5 Å². The van der Waals surface area contributed by atoms with E-state index in [2.05, 4.69) is 0 Å². The van der Waals surface area contributed by atoms with Gasteiger partial charge in [0, 0.05) is 25.3 Å². The fourth-order valence-electron chi connectivity index (χ4n) is 2.90. The number of allylic oxidation sites excluding steroid dienone is 2. The summed E-state index contributed by atoms with van der Waals surface area (Å²) in [7, 11) is 3.98. The van der Waals surface area contributed by atoms with E-state index in [-0.39, 0.29) is 11.6 Å². The molecule has 150 valence electrons. The summed E-state index contributed by atoms with van der Waals surface area (Å²) < 4.78 is 0.856. The number of carbonyl (C=O) groups is 2. The molecule has 1 fully saturated rings. The number of nitrogens with zero attached hydrogens (tertiary/aromatic N) is 1. The summed E-state index contributed by atoms with van der Waals surface area (Å²) in [6.45, 7) is 0. The van der Waals surface area contributed by atoms with Crippen molar-refractivity contribution in [2.75, 3.05) is 30.5 Å². The summed E-state index contributed by atoms with van der Waals surface area (Å²) in [6, 6.07) is 17.0. The molecule has 1 heterocycles. The molecule has 0 radical (unpaired) electrons. The highest BCUT2D eigenvalue weighted by atomic mass is 32.2. The zero-order valence-corrected chi connectivity index (χ0v) is 18.4. The van der Waals surface area contributed by atoms with Crippen LogP contribution in [0.5, 0.6) is 0 Å². The molecule has 0 spiro atoms. The van der Waals surface area contributed by atoms with Gasteiger partial charge in [0.05, 0.1) is 9.81 Å². The van der Waals surface area contributed by atoms with Crippen LogP contribution in [-0.4, -0.2) is 37.2 Å². The molecule has 0 unspecified atom stereocenters. The normalized spacial score (nSPS) is 14.5. The zero-order valence-electron chi connectivity index (χ0n) is 16.8. The maximum absolute atomic E-state index is 13.2. The van der Waals surface area contributed by atoms with Crippen LogP contribution in [0.4, 0.5) is 5.69 Å². The first-order valence-corrected chi connectivity index (χ1v) is 11.6. The van der Waals surface area contributed by atoms with Gasteiger partial charge in [0.2, 0.25) is 0 Å². The molecule has 1 aliphatic rings. The molecule has 29 heavy (non-hydrogen) atoms. The van der Waals surface area contributed by atoms with Crippen LogP contribution in [0.1, 0.15) is 28.8 Å². The van der Waals surface area contributed by atoms with E-state index in [0.29, 0.717) is 11.1 Å². The molecule has 5 heteroatoms. The maximum Gasteiger partial charge on any atom is 0.198 e. The molecule has 3 rings (SSSR count). The summed E-state index contributed by atoms with van der Waals surface area (Å²) in [5, 5.41) is 0. The van der Waals surface area contributed by atoms with Gasteiger partial charge in [0.25, 0.3) is 0 Å². The molecular weight excluding hydrogens is 398 g/mol.